The van der Waals surface area contributed by atoms with Crippen LogP contribution in [0.2, 0.25) is 0 Å². The summed E-state index contributed by atoms with van der Waals surface area (Å²) in [6.07, 6.45) is 3.43. The van der Waals surface area contributed by atoms with Crippen LogP contribution in [-0.4, -0.2) is 70.0 Å². The highest BCUT2D eigenvalue weighted by Gasteiger charge is 2.22. The van der Waals surface area contributed by atoms with Gasteiger partial charge in [0, 0.05) is 26.3 Å². The summed E-state index contributed by atoms with van der Waals surface area (Å²) < 4.78 is 10.3. The summed E-state index contributed by atoms with van der Waals surface area (Å²) in [5.74, 6) is 0.546. The number of hydrogen-bond donors (Lipinski definition) is 2. The zero-order chi connectivity index (χ0) is 14.6. The van der Waals surface area contributed by atoms with Crippen LogP contribution in [0.15, 0.2) is 4.99 Å². The number of rotatable bonds is 10. The third kappa shape index (κ3) is 7.07. The van der Waals surface area contributed by atoms with Crippen molar-refractivity contribution in [2.45, 2.75) is 32.2 Å². The summed E-state index contributed by atoms with van der Waals surface area (Å²) >= 11 is 0. The number of aliphatic imine (C=N–C) groups is 1. The van der Waals surface area contributed by atoms with Gasteiger partial charge in [-0.25, -0.2) is 0 Å². The molecule has 0 aromatic rings. The van der Waals surface area contributed by atoms with Crippen LogP contribution < -0.4 is 11.1 Å². The maximum absolute atomic E-state index is 5.86. The van der Waals surface area contributed by atoms with Gasteiger partial charge >= 0.3 is 0 Å². The van der Waals surface area contributed by atoms with E-state index in [0.29, 0.717) is 25.2 Å². The largest absolute Gasteiger partial charge is 0.382 e. The van der Waals surface area contributed by atoms with Crippen molar-refractivity contribution in [3.63, 3.8) is 0 Å². The standard InChI is InChI=1S/C14H30N4O2/c1-3-18-8-4-6-13(18)12-17-14(15)16-7-5-9-20-11-10-19-2/h13H,3-12H2,1-2H3,(H3,15,16,17). The topological polar surface area (TPSA) is 72.1 Å². The van der Waals surface area contributed by atoms with Gasteiger partial charge in [0.2, 0.25) is 0 Å². The maximum Gasteiger partial charge on any atom is 0.188 e. The minimum absolute atomic E-state index is 0.546. The molecule has 20 heavy (non-hydrogen) atoms. The Bertz CT molecular complexity index is 274. The zero-order valence-electron chi connectivity index (χ0n) is 12.9. The number of likely N-dealkylation sites (N-methyl/N-ethyl adjacent to an activating group) is 1. The predicted molar refractivity (Wildman–Crippen MR) is 82.1 cm³/mol. The van der Waals surface area contributed by atoms with Gasteiger partial charge in [0.1, 0.15) is 0 Å². The van der Waals surface area contributed by atoms with Crippen LogP contribution in [0, 0.1) is 0 Å². The van der Waals surface area contributed by atoms with E-state index in [1.807, 2.05) is 0 Å². The molecular weight excluding hydrogens is 256 g/mol. The highest BCUT2D eigenvalue weighted by atomic mass is 16.5. The summed E-state index contributed by atoms with van der Waals surface area (Å²) in [5, 5.41) is 3.13. The molecule has 6 nitrogen and oxygen atoms in total. The molecule has 1 unspecified atom stereocenters. The lowest BCUT2D eigenvalue weighted by Crippen LogP contribution is -2.36. The monoisotopic (exact) mass is 286 g/mol. The Morgan fingerprint density at radius 2 is 2.25 bits per heavy atom. The van der Waals surface area contributed by atoms with Gasteiger partial charge in [-0.1, -0.05) is 6.92 Å². The number of ether oxygens (including phenoxy) is 2. The molecule has 0 saturated carbocycles. The van der Waals surface area contributed by atoms with E-state index in [1.54, 1.807) is 7.11 Å². The van der Waals surface area contributed by atoms with Crippen LogP contribution in [0.3, 0.4) is 0 Å². The molecule has 0 aromatic carbocycles. The van der Waals surface area contributed by atoms with Crippen LogP contribution in [0.5, 0.6) is 0 Å². The zero-order valence-corrected chi connectivity index (χ0v) is 12.9. The van der Waals surface area contributed by atoms with E-state index in [1.165, 1.54) is 19.4 Å². The number of methoxy groups -OCH3 is 1. The van der Waals surface area contributed by atoms with Gasteiger partial charge in [-0.2, -0.15) is 0 Å². The van der Waals surface area contributed by atoms with Gasteiger partial charge in [-0.15, -0.1) is 0 Å². The SMILES string of the molecule is CCN1CCCC1CN=C(N)NCCCOCCOC. The first-order chi connectivity index (χ1) is 9.77. The van der Waals surface area contributed by atoms with Crippen molar-refractivity contribution in [1.29, 1.82) is 0 Å². The number of hydrogen-bond acceptors (Lipinski definition) is 4. The van der Waals surface area contributed by atoms with Gasteiger partial charge in [0.05, 0.1) is 19.8 Å². The van der Waals surface area contributed by atoms with E-state index in [9.17, 15) is 0 Å². The van der Waals surface area contributed by atoms with Crippen LogP contribution in [-0.2, 0) is 9.47 Å². The Hall–Kier alpha value is -0.850. The molecule has 0 radical (unpaired) electrons. The van der Waals surface area contributed by atoms with E-state index in [2.05, 4.69) is 22.1 Å². The van der Waals surface area contributed by atoms with Crippen LogP contribution >= 0.6 is 0 Å². The van der Waals surface area contributed by atoms with Crippen LogP contribution in [0.25, 0.3) is 0 Å². The van der Waals surface area contributed by atoms with Crippen molar-refractivity contribution in [2.75, 3.05) is 53.1 Å². The fourth-order valence-electron chi connectivity index (χ4n) is 2.41. The molecule has 1 heterocycles. The Morgan fingerprint density at radius 1 is 1.40 bits per heavy atom. The van der Waals surface area contributed by atoms with Gasteiger partial charge < -0.3 is 20.5 Å². The number of guanidine groups is 1. The molecule has 118 valence electrons. The minimum atomic E-state index is 0.546. The highest BCUT2D eigenvalue weighted by molar-refractivity contribution is 5.77. The summed E-state index contributed by atoms with van der Waals surface area (Å²) in [5.41, 5.74) is 5.86. The molecule has 0 aliphatic carbocycles. The van der Waals surface area contributed by atoms with Crippen molar-refractivity contribution < 1.29 is 9.47 Å². The van der Waals surface area contributed by atoms with E-state index >= 15 is 0 Å². The Labute approximate surface area is 122 Å². The smallest absolute Gasteiger partial charge is 0.188 e. The number of nitrogens with one attached hydrogen (secondary N) is 1. The van der Waals surface area contributed by atoms with Crippen LogP contribution in [0.1, 0.15) is 26.2 Å². The fourth-order valence-corrected chi connectivity index (χ4v) is 2.41. The molecule has 1 saturated heterocycles. The predicted octanol–water partition coefficient (Wildman–Crippen LogP) is 0.428. The summed E-state index contributed by atoms with van der Waals surface area (Å²) in [6, 6.07) is 0.567. The third-order valence-corrected chi connectivity index (χ3v) is 3.58. The van der Waals surface area contributed by atoms with Gasteiger partial charge in [-0.3, -0.25) is 9.89 Å². The molecule has 1 atom stereocenters. The fraction of sp³-hybridized carbons (Fsp3) is 0.929. The Morgan fingerprint density at radius 3 is 3.00 bits per heavy atom. The normalized spacial score (nSPS) is 20.5. The molecule has 3 N–H and O–H groups in total. The second-order valence-electron chi connectivity index (χ2n) is 5.04. The van der Waals surface area contributed by atoms with Gasteiger partial charge in [0.15, 0.2) is 5.96 Å². The molecule has 1 aliphatic rings. The number of nitrogens with zero attached hydrogens (tertiary/aromatic N) is 2. The van der Waals surface area contributed by atoms with Gasteiger partial charge in [0.25, 0.3) is 0 Å². The molecule has 1 aliphatic heterocycles. The lowest BCUT2D eigenvalue weighted by atomic mass is 10.2. The first kappa shape index (κ1) is 17.2. The van der Waals surface area contributed by atoms with E-state index in [-0.39, 0.29) is 0 Å². The lowest BCUT2D eigenvalue weighted by molar-refractivity contribution is 0.0698. The second-order valence-corrected chi connectivity index (χ2v) is 5.04. The molecule has 0 spiro atoms. The molecule has 1 fully saturated rings. The molecular formula is C14H30N4O2. The highest BCUT2D eigenvalue weighted by Crippen LogP contribution is 2.16. The molecule has 0 bridgehead atoms. The van der Waals surface area contributed by atoms with Crippen LogP contribution in [0.4, 0.5) is 0 Å². The quantitative estimate of drug-likeness (QED) is 0.346. The first-order valence-corrected chi connectivity index (χ1v) is 7.62. The molecule has 0 amide bonds. The minimum Gasteiger partial charge on any atom is -0.382 e. The van der Waals surface area contributed by atoms with E-state index < -0.39 is 0 Å². The lowest BCUT2D eigenvalue weighted by Gasteiger charge is -2.20. The van der Waals surface area contributed by atoms with Gasteiger partial charge in [-0.05, 0) is 32.4 Å². The van der Waals surface area contributed by atoms with Crippen molar-refractivity contribution in [2.24, 2.45) is 10.7 Å². The maximum atomic E-state index is 5.86. The average Bonchev–Trinajstić information content (AvgIpc) is 2.91. The van der Waals surface area contributed by atoms with Crippen molar-refractivity contribution in [3.8, 4) is 0 Å². The van der Waals surface area contributed by atoms with Crippen molar-refractivity contribution in [3.05, 3.63) is 0 Å². The Kier molecular flexibility index (Phi) is 9.36. The second kappa shape index (κ2) is 10.9. The molecule has 0 aromatic heterocycles. The van der Waals surface area contributed by atoms with E-state index in [0.717, 1.165) is 32.7 Å². The molecule has 1 rings (SSSR count). The number of likely N-dealkylation sites (tertiary alicyclic amines) is 1. The first-order valence-electron chi connectivity index (χ1n) is 7.62. The summed E-state index contributed by atoms with van der Waals surface area (Å²) in [6.45, 7) is 8.11. The molecule has 6 heteroatoms. The average molecular weight is 286 g/mol. The third-order valence-electron chi connectivity index (χ3n) is 3.58. The summed E-state index contributed by atoms with van der Waals surface area (Å²) in [7, 11) is 1.67. The summed E-state index contributed by atoms with van der Waals surface area (Å²) in [4.78, 5) is 6.91. The number of nitrogens with two attached hydrogens (primary N) is 1. The Balaban J connectivity index is 2.04. The van der Waals surface area contributed by atoms with Crippen molar-refractivity contribution >= 4 is 5.96 Å². The van der Waals surface area contributed by atoms with Crippen molar-refractivity contribution in [1.82, 2.24) is 10.2 Å². The van der Waals surface area contributed by atoms with E-state index in [4.69, 9.17) is 15.2 Å².